The Morgan fingerprint density at radius 1 is 0.892 bits per heavy atom. The van der Waals surface area contributed by atoms with Gasteiger partial charge in [0.2, 0.25) is 5.91 Å². The lowest BCUT2D eigenvalue weighted by atomic mass is 10.1. The first-order chi connectivity index (χ1) is 17.9. The fraction of sp³-hybridized carbons (Fsp3) is 0.367. The quantitative estimate of drug-likeness (QED) is 0.531. The van der Waals surface area contributed by atoms with E-state index in [2.05, 4.69) is 9.88 Å². The van der Waals surface area contributed by atoms with E-state index >= 15 is 0 Å². The topological polar surface area (TPSA) is 60.0 Å². The van der Waals surface area contributed by atoms with Gasteiger partial charge in [-0.15, -0.1) is 0 Å². The Balaban J connectivity index is 1.64. The zero-order valence-corrected chi connectivity index (χ0v) is 22.1. The molecule has 0 N–H and O–H groups in total. The van der Waals surface area contributed by atoms with Crippen molar-refractivity contribution >= 4 is 23.2 Å². The second-order valence-corrected chi connectivity index (χ2v) is 9.78. The van der Waals surface area contributed by atoms with Crippen LogP contribution < -0.4 is 9.80 Å². The van der Waals surface area contributed by atoms with Gasteiger partial charge in [0.25, 0.3) is 5.91 Å². The molecule has 0 bridgehead atoms. The lowest BCUT2D eigenvalue weighted by Crippen LogP contribution is -2.38. The second kappa shape index (κ2) is 12.5. The van der Waals surface area contributed by atoms with Crippen molar-refractivity contribution in [3.8, 4) is 0 Å². The predicted octanol–water partition coefficient (Wildman–Crippen LogP) is 4.44. The fourth-order valence-corrected chi connectivity index (χ4v) is 4.84. The molecule has 0 unspecified atom stereocenters. The largest absolute Gasteiger partial charge is 0.378 e. The minimum Gasteiger partial charge on any atom is -0.378 e. The van der Waals surface area contributed by atoms with Gasteiger partial charge in [0.15, 0.2) is 0 Å². The Kier molecular flexibility index (Phi) is 8.90. The van der Waals surface area contributed by atoms with Crippen LogP contribution in [0.15, 0.2) is 72.9 Å². The number of pyridine rings is 1. The summed E-state index contributed by atoms with van der Waals surface area (Å²) in [4.78, 5) is 39.2. The summed E-state index contributed by atoms with van der Waals surface area (Å²) in [5, 5.41) is 0. The highest BCUT2D eigenvalue weighted by Crippen LogP contribution is 2.25. The third-order valence-corrected chi connectivity index (χ3v) is 6.79. The summed E-state index contributed by atoms with van der Waals surface area (Å²) in [7, 11) is 3.95. The van der Waals surface area contributed by atoms with Crippen molar-refractivity contribution in [2.45, 2.75) is 32.9 Å². The molecule has 194 valence electrons. The molecule has 1 aromatic heterocycles. The van der Waals surface area contributed by atoms with Crippen LogP contribution in [-0.4, -0.2) is 66.9 Å². The molecule has 1 aliphatic rings. The van der Waals surface area contributed by atoms with E-state index in [1.807, 2.05) is 102 Å². The van der Waals surface area contributed by atoms with Crippen molar-refractivity contribution < 1.29 is 9.59 Å². The molecule has 0 spiro atoms. The third kappa shape index (κ3) is 6.95. The summed E-state index contributed by atoms with van der Waals surface area (Å²) in [6.45, 7) is 5.76. The van der Waals surface area contributed by atoms with Crippen molar-refractivity contribution in [3.63, 3.8) is 0 Å². The molecular weight excluding hydrogens is 462 g/mol. The molecule has 0 atom stereocenters. The first-order valence-corrected chi connectivity index (χ1v) is 13.0. The number of carbonyl (C=O) groups is 2. The van der Waals surface area contributed by atoms with Crippen LogP contribution in [-0.2, 0) is 17.9 Å². The number of fused-ring (bicyclic) bond motifs is 1. The van der Waals surface area contributed by atoms with Crippen molar-refractivity contribution in [2.75, 3.05) is 50.1 Å². The summed E-state index contributed by atoms with van der Waals surface area (Å²) in [6, 6.07) is 21.7. The Morgan fingerprint density at radius 2 is 1.65 bits per heavy atom. The summed E-state index contributed by atoms with van der Waals surface area (Å²) >= 11 is 0. The maximum Gasteiger partial charge on any atom is 0.254 e. The number of carbonyl (C=O) groups excluding carboxylic acids is 2. The van der Waals surface area contributed by atoms with Gasteiger partial charge in [0, 0.05) is 83.4 Å². The maximum atomic E-state index is 13.8. The molecule has 1 aliphatic heterocycles. The van der Waals surface area contributed by atoms with Crippen LogP contribution in [0.5, 0.6) is 0 Å². The average Bonchev–Trinajstić information content (AvgIpc) is 2.90. The lowest BCUT2D eigenvalue weighted by molar-refractivity contribution is -0.116. The molecule has 3 aromatic rings. The van der Waals surface area contributed by atoms with Gasteiger partial charge in [-0.05, 0) is 54.8 Å². The van der Waals surface area contributed by atoms with Gasteiger partial charge in [-0.3, -0.25) is 19.5 Å². The van der Waals surface area contributed by atoms with E-state index in [0.717, 1.165) is 55.1 Å². The van der Waals surface area contributed by atoms with Gasteiger partial charge in [-0.2, -0.15) is 0 Å². The molecule has 4 rings (SSSR count). The second-order valence-electron chi connectivity index (χ2n) is 9.78. The van der Waals surface area contributed by atoms with Gasteiger partial charge >= 0.3 is 0 Å². The first-order valence-electron chi connectivity index (χ1n) is 13.0. The lowest BCUT2D eigenvalue weighted by Gasteiger charge is -2.31. The Bertz CT molecular complexity index is 1200. The highest BCUT2D eigenvalue weighted by atomic mass is 16.2. The number of nitrogens with zero attached hydrogens (tertiary/aromatic N) is 5. The van der Waals surface area contributed by atoms with E-state index in [-0.39, 0.29) is 11.8 Å². The van der Waals surface area contributed by atoms with Gasteiger partial charge < -0.3 is 14.7 Å². The van der Waals surface area contributed by atoms with E-state index in [4.69, 9.17) is 0 Å². The van der Waals surface area contributed by atoms with Gasteiger partial charge in [0.05, 0.1) is 5.69 Å². The molecule has 0 radical (unpaired) electrons. The molecule has 0 saturated heterocycles. The normalized spacial score (nSPS) is 15.3. The standard InChI is InChI=1S/C30H37N5O2/c1-24(36)35-20-10-18-33(23-27-13-6-7-16-31-27)17-9-19-34(22-26-11-4-5-15-29(26)35)30(37)25-12-8-14-28(21-25)32(2)3/h4-8,11-16,21H,9-10,17-20,22-23H2,1-3H3. The highest BCUT2D eigenvalue weighted by Gasteiger charge is 2.22. The van der Waals surface area contributed by atoms with E-state index in [9.17, 15) is 9.59 Å². The molecule has 0 saturated carbocycles. The Labute approximate surface area is 220 Å². The van der Waals surface area contributed by atoms with Crippen molar-refractivity contribution in [3.05, 3.63) is 89.7 Å². The number of benzene rings is 2. The molecule has 7 heteroatoms. The van der Waals surface area contributed by atoms with E-state index in [1.165, 1.54) is 0 Å². The number of amides is 2. The third-order valence-electron chi connectivity index (χ3n) is 6.79. The summed E-state index contributed by atoms with van der Waals surface area (Å²) in [5.74, 6) is 0.0126. The minimum atomic E-state index is 0.00112. The molecule has 7 nitrogen and oxygen atoms in total. The van der Waals surface area contributed by atoms with Crippen LogP contribution in [0.3, 0.4) is 0 Å². The number of hydrogen-bond donors (Lipinski definition) is 0. The first kappa shape index (κ1) is 26.4. The number of hydrogen-bond acceptors (Lipinski definition) is 5. The van der Waals surface area contributed by atoms with Crippen molar-refractivity contribution in [1.82, 2.24) is 14.8 Å². The van der Waals surface area contributed by atoms with Crippen LogP contribution in [0.25, 0.3) is 0 Å². The number of rotatable bonds is 4. The van der Waals surface area contributed by atoms with Crippen LogP contribution in [0.1, 0.15) is 41.4 Å². The minimum absolute atomic E-state index is 0.00112. The molecule has 0 fully saturated rings. The van der Waals surface area contributed by atoms with E-state index < -0.39 is 0 Å². The van der Waals surface area contributed by atoms with Crippen LogP contribution in [0, 0.1) is 0 Å². The predicted molar refractivity (Wildman–Crippen MR) is 149 cm³/mol. The number of anilines is 2. The van der Waals surface area contributed by atoms with E-state index in [1.54, 1.807) is 6.92 Å². The van der Waals surface area contributed by atoms with Crippen LogP contribution in [0.4, 0.5) is 11.4 Å². The average molecular weight is 500 g/mol. The van der Waals surface area contributed by atoms with Gasteiger partial charge in [-0.25, -0.2) is 0 Å². The molecule has 2 aromatic carbocycles. The SMILES string of the molecule is CC(=O)N1CCCN(Cc2ccccn2)CCCN(C(=O)c2cccc(N(C)C)c2)Cc2ccccc21. The highest BCUT2D eigenvalue weighted by molar-refractivity contribution is 5.96. The fourth-order valence-electron chi connectivity index (χ4n) is 4.84. The molecular formula is C30H37N5O2. The summed E-state index contributed by atoms with van der Waals surface area (Å²) in [5.41, 5.74) is 4.55. The monoisotopic (exact) mass is 499 g/mol. The summed E-state index contributed by atoms with van der Waals surface area (Å²) < 4.78 is 0. The smallest absolute Gasteiger partial charge is 0.254 e. The molecule has 2 heterocycles. The van der Waals surface area contributed by atoms with Gasteiger partial charge in [0.1, 0.15) is 0 Å². The van der Waals surface area contributed by atoms with Crippen molar-refractivity contribution in [2.24, 2.45) is 0 Å². The molecule has 2 amide bonds. The molecule has 0 aliphatic carbocycles. The number of para-hydroxylation sites is 1. The molecule has 37 heavy (non-hydrogen) atoms. The maximum absolute atomic E-state index is 13.8. The van der Waals surface area contributed by atoms with Crippen LogP contribution in [0.2, 0.25) is 0 Å². The Morgan fingerprint density at radius 3 is 2.38 bits per heavy atom. The van der Waals surface area contributed by atoms with E-state index in [0.29, 0.717) is 25.2 Å². The summed E-state index contributed by atoms with van der Waals surface area (Å²) in [6.07, 6.45) is 3.54. The van der Waals surface area contributed by atoms with Crippen molar-refractivity contribution in [1.29, 1.82) is 0 Å². The zero-order valence-electron chi connectivity index (χ0n) is 22.1. The van der Waals surface area contributed by atoms with Gasteiger partial charge in [-0.1, -0.05) is 30.3 Å². The Hall–Kier alpha value is -3.71. The number of aromatic nitrogens is 1. The zero-order chi connectivity index (χ0) is 26.2. The van der Waals surface area contributed by atoms with Crippen LogP contribution >= 0.6 is 0 Å².